The predicted octanol–water partition coefficient (Wildman–Crippen LogP) is 2.51. The van der Waals surface area contributed by atoms with E-state index in [-0.39, 0.29) is 12.5 Å². The molecule has 0 atom stereocenters. The molecular weight excluding hydrogens is 274 g/mol. The number of nitrogens with zero attached hydrogens (tertiary/aromatic N) is 1. The van der Waals surface area contributed by atoms with Gasteiger partial charge in [-0.05, 0) is 36.4 Å². The van der Waals surface area contributed by atoms with Crippen molar-refractivity contribution in [2.24, 2.45) is 0 Å². The number of halogens is 1. The maximum atomic E-state index is 11.7. The van der Waals surface area contributed by atoms with Gasteiger partial charge in [0.25, 0.3) is 0 Å². The molecule has 5 heteroatoms. The number of nitrogens with one attached hydrogen (secondary N) is 2. The highest BCUT2D eigenvalue weighted by molar-refractivity contribution is 6.30. The number of hydrogen-bond acceptors (Lipinski definition) is 3. The Hall–Kier alpha value is -1.91. The molecule has 0 saturated heterocycles. The maximum Gasteiger partial charge on any atom is 0.238 e. The first kappa shape index (κ1) is 14.5. The molecule has 0 saturated carbocycles. The van der Waals surface area contributed by atoms with Crippen LogP contribution in [-0.2, 0) is 11.2 Å². The number of carbonyl (C=O) groups excluding carboxylic acids is 1. The third-order valence-electron chi connectivity index (χ3n) is 2.70. The molecule has 0 spiro atoms. The first-order valence-corrected chi connectivity index (χ1v) is 6.78. The Kier molecular flexibility index (Phi) is 5.53. The van der Waals surface area contributed by atoms with E-state index < -0.39 is 0 Å². The van der Waals surface area contributed by atoms with Gasteiger partial charge in [0.15, 0.2) is 0 Å². The minimum Gasteiger partial charge on any atom is -0.325 e. The Morgan fingerprint density at radius 2 is 1.95 bits per heavy atom. The summed E-state index contributed by atoms with van der Waals surface area (Å²) in [4.78, 5) is 15.9. The van der Waals surface area contributed by atoms with Crippen LogP contribution in [0.4, 0.5) is 5.69 Å². The van der Waals surface area contributed by atoms with E-state index in [0.717, 1.165) is 17.8 Å². The minimum atomic E-state index is -0.0756. The van der Waals surface area contributed by atoms with Gasteiger partial charge in [0.1, 0.15) is 0 Å². The quantitative estimate of drug-likeness (QED) is 0.804. The number of benzene rings is 1. The summed E-state index contributed by atoms with van der Waals surface area (Å²) in [6.07, 6.45) is 2.57. The smallest absolute Gasteiger partial charge is 0.238 e. The largest absolute Gasteiger partial charge is 0.325 e. The van der Waals surface area contributed by atoms with Gasteiger partial charge >= 0.3 is 0 Å². The highest BCUT2D eigenvalue weighted by Crippen LogP contribution is 2.12. The van der Waals surface area contributed by atoms with Crippen molar-refractivity contribution < 1.29 is 4.79 Å². The molecule has 0 aliphatic heterocycles. The highest BCUT2D eigenvalue weighted by atomic mass is 35.5. The zero-order valence-corrected chi connectivity index (χ0v) is 11.7. The van der Waals surface area contributed by atoms with Crippen molar-refractivity contribution in [2.75, 3.05) is 18.4 Å². The summed E-state index contributed by atoms with van der Waals surface area (Å²) in [5, 5.41) is 6.53. The Morgan fingerprint density at radius 1 is 1.15 bits per heavy atom. The van der Waals surface area contributed by atoms with Crippen molar-refractivity contribution in [1.29, 1.82) is 0 Å². The minimum absolute atomic E-state index is 0.0756. The molecule has 1 aromatic carbocycles. The molecule has 0 radical (unpaired) electrons. The van der Waals surface area contributed by atoms with Gasteiger partial charge in [-0.15, -0.1) is 0 Å². The summed E-state index contributed by atoms with van der Waals surface area (Å²) in [5.74, 6) is -0.0756. The molecule has 1 amide bonds. The summed E-state index contributed by atoms with van der Waals surface area (Å²) >= 11 is 5.78. The number of carbonyl (C=O) groups is 1. The van der Waals surface area contributed by atoms with Crippen LogP contribution in [0.2, 0.25) is 5.02 Å². The van der Waals surface area contributed by atoms with E-state index in [1.54, 1.807) is 30.5 Å². The van der Waals surface area contributed by atoms with Gasteiger partial charge < -0.3 is 10.6 Å². The van der Waals surface area contributed by atoms with Crippen molar-refractivity contribution in [3.8, 4) is 0 Å². The van der Waals surface area contributed by atoms with E-state index >= 15 is 0 Å². The van der Waals surface area contributed by atoms with Crippen LogP contribution in [0.1, 0.15) is 5.69 Å². The molecule has 1 aromatic heterocycles. The number of amides is 1. The lowest BCUT2D eigenvalue weighted by molar-refractivity contribution is -0.115. The maximum absolute atomic E-state index is 11.7. The molecule has 2 aromatic rings. The van der Waals surface area contributed by atoms with Crippen LogP contribution in [-0.4, -0.2) is 24.0 Å². The van der Waals surface area contributed by atoms with Gasteiger partial charge in [0.2, 0.25) is 5.91 Å². The van der Waals surface area contributed by atoms with E-state index in [4.69, 9.17) is 11.6 Å². The molecular formula is C15H16ClN3O. The van der Waals surface area contributed by atoms with Crippen molar-refractivity contribution in [1.82, 2.24) is 10.3 Å². The molecule has 4 nitrogen and oxygen atoms in total. The molecule has 1 heterocycles. The van der Waals surface area contributed by atoms with Crippen molar-refractivity contribution >= 4 is 23.2 Å². The van der Waals surface area contributed by atoms with Gasteiger partial charge in [-0.2, -0.15) is 0 Å². The average Bonchev–Trinajstić information content (AvgIpc) is 2.47. The molecule has 20 heavy (non-hydrogen) atoms. The second-order valence-corrected chi connectivity index (χ2v) is 4.74. The fourth-order valence-electron chi connectivity index (χ4n) is 1.70. The topological polar surface area (TPSA) is 54.0 Å². The Bertz CT molecular complexity index is 543. The third-order valence-corrected chi connectivity index (χ3v) is 2.95. The van der Waals surface area contributed by atoms with Crippen LogP contribution < -0.4 is 10.6 Å². The summed E-state index contributed by atoms with van der Waals surface area (Å²) < 4.78 is 0. The van der Waals surface area contributed by atoms with E-state index in [0.29, 0.717) is 11.6 Å². The van der Waals surface area contributed by atoms with Crippen LogP contribution >= 0.6 is 11.6 Å². The predicted molar refractivity (Wildman–Crippen MR) is 80.9 cm³/mol. The zero-order valence-electron chi connectivity index (χ0n) is 11.0. The summed E-state index contributed by atoms with van der Waals surface area (Å²) in [5.41, 5.74) is 1.75. The van der Waals surface area contributed by atoms with E-state index in [1.165, 1.54) is 0 Å². The van der Waals surface area contributed by atoms with Crippen molar-refractivity contribution in [3.63, 3.8) is 0 Å². The van der Waals surface area contributed by atoms with Crippen LogP contribution in [0, 0.1) is 0 Å². The molecule has 0 fully saturated rings. The average molecular weight is 290 g/mol. The van der Waals surface area contributed by atoms with Gasteiger partial charge in [-0.1, -0.05) is 17.7 Å². The third kappa shape index (κ3) is 4.99. The number of pyridine rings is 1. The molecule has 0 aliphatic carbocycles. The zero-order chi connectivity index (χ0) is 14.2. The Labute approximate surface area is 123 Å². The molecule has 2 rings (SSSR count). The lowest BCUT2D eigenvalue weighted by atomic mass is 10.3. The number of aromatic nitrogens is 1. The molecule has 0 bridgehead atoms. The van der Waals surface area contributed by atoms with Gasteiger partial charge in [0.05, 0.1) is 6.54 Å². The SMILES string of the molecule is O=C(CNCCc1ccccn1)Nc1ccc(Cl)cc1. The fourth-order valence-corrected chi connectivity index (χ4v) is 1.83. The van der Waals surface area contributed by atoms with Crippen LogP contribution in [0.15, 0.2) is 48.7 Å². The monoisotopic (exact) mass is 289 g/mol. The van der Waals surface area contributed by atoms with E-state index in [9.17, 15) is 4.79 Å². The first-order valence-electron chi connectivity index (χ1n) is 6.40. The molecule has 0 unspecified atom stereocenters. The van der Waals surface area contributed by atoms with Crippen LogP contribution in [0.3, 0.4) is 0 Å². The number of rotatable bonds is 6. The fraction of sp³-hybridized carbons (Fsp3) is 0.200. The van der Waals surface area contributed by atoms with Gasteiger partial charge in [0, 0.05) is 35.6 Å². The highest BCUT2D eigenvalue weighted by Gasteiger charge is 2.01. The summed E-state index contributed by atoms with van der Waals surface area (Å²) in [7, 11) is 0. The standard InChI is InChI=1S/C15H16ClN3O/c16-12-4-6-14(7-5-12)19-15(20)11-17-10-8-13-3-1-2-9-18-13/h1-7,9,17H,8,10-11H2,(H,19,20). The van der Waals surface area contributed by atoms with Crippen LogP contribution in [0.5, 0.6) is 0 Å². The van der Waals surface area contributed by atoms with Crippen LogP contribution in [0.25, 0.3) is 0 Å². The Morgan fingerprint density at radius 3 is 2.65 bits per heavy atom. The van der Waals surface area contributed by atoms with E-state index in [2.05, 4.69) is 15.6 Å². The first-order chi connectivity index (χ1) is 9.74. The van der Waals surface area contributed by atoms with Crippen molar-refractivity contribution in [2.45, 2.75) is 6.42 Å². The second-order valence-electron chi connectivity index (χ2n) is 4.30. The molecule has 2 N–H and O–H groups in total. The number of anilines is 1. The van der Waals surface area contributed by atoms with E-state index in [1.807, 2.05) is 18.2 Å². The summed E-state index contributed by atoms with van der Waals surface area (Å²) in [6, 6.07) is 12.8. The van der Waals surface area contributed by atoms with Gasteiger partial charge in [-0.25, -0.2) is 0 Å². The molecule has 0 aliphatic rings. The summed E-state index contributed by atoms with van der Waals surface area (Å²) in [6.45, 7) is 0.987. The number of hydrogen-bond donors (Lipinski definition) is 2. The Balaban J connectivity index is 1.66. The molecule has 104 valence electrons. The second kappa shape index (κ2) is 7.62. The lowest BCUT2D eigenvalue weighted by Crippen LogP contribution is -2.29. The lowest BCUT2D eigenvalue weighted by Gasteiger charge is -2.06. The van der Waals surface area contributed by atoms with Gasteiger partial charge in [-0.3, -0.25) is 9.78 Å². The normalized spacial score (nSPS) is 10.2. The van der Waals surface area contributed by atoms with Crippen molar-refractivity contribution in [3.05, 3.63) is 59.4 Å².